The number of hydrogen-bond acceptors (Lipinski definition) is 5. The molecule has 0 bridgehead atoms. The normalized spacial score (nSPS) is 13.1. The van der Waals surface area contributed by atoms with Crippen molar-refractivity contribution in [3.8, 4) is 0 Å². The SMILES string of the molecule is Cc1ccc(Cc2cnc([Si](C)(C)C(C)(C)C)n2S(=O)(=O)N(C)C)cc1[N+](=O)[O-]. The summed E-state index contributed by atoms with van der Waals surface area (Å²) in [5.74, 6) is 0. The third-order valence-electron chi connectivity index (χ3n) is 5.77. The van der Waals surface area contributed by atoms with Crippen molar-refractivity contribution in [1.82, 2.24) is 13.3 Å². The van der Waals surface area contributed by atoms with Crippen LogP contribution in [0.5, 0.6) is 0 Å². The standard InChI is InChI=1S/C19H30N4O4SSi/c1-14-9-10-15(12-17(14)23(24)25)11-16-13-20-18(29(7,8)19(2,3)4)22(16)28(26,27)21(5)6/h9-10,12-13H,11H2,1-8H3. The first-order valence-corrected chi connectivity index (χ1v) is 13.7. The van der Waals surface area contributed by atoms with Gasteiger partial charge in [-0.3, -0.25) is 10.1 Å². The Kier molecular flexibility index (Phi) is 6.13. The van der Waals surface area contributed by atoms with Gasteiger partial charge in [0, 0.05) is 38.3 Å². The molecule has 0 aliphatic heterocycles. The molecule has 1 aromatic heterocycles. The molecule has 0 saturated carbocycles. The zero-order valence-electron chi connectivity index (χ0n) is 18.3. The minimum atomic E-state index is -3.80. The van der Waals surface area contributed by atoms with Crippen LogP contribution in [-0.2, 0) is 16.6 Å². The fourth-order valence-electron chi connectivity index (χ4n) is 2.84. The molecular weight excluding hydrogens is 408 g/mol. The predicted octanol–water partition coefficient (Wildman–Crippen LogP) is 3.06. The van der Waals surface area contributed by atoms with E-state index < -0.39 is 23.2 Å². The number of nitro benzene ring substituents is 1. The summed E-state index contributed by atoms with van der Waals surface area (Å²) < 4.78 is 28.9. The van der Waals surface area contributed by atoms with Gasteiger partial charge in [-0.05, 0) is 17.5 Å². The van der Waals surface area contributed by atoms with Gasteiger partial charge in [-0.1, -0.05) is 46.0 Å². The number of imidazole rings is 1. The monoisotopic (exact) mass is 438 g/mol. The van der Waals surface area contributed by atoms with E-state index >= 15 is 0 Å². The second-order valence-corrected chi connectivity index (χ2v) is 16.2. The third-order valence-corrected chi connectivity index (χ3v) is 12.9. The molecule has 2 aromatic rings. The van der Waals surface area contributed by atoms with Gasteiger partial charge in [0.1, 0.15) is 13.5 Å². The van der Waals surface area contributed by atoms with Crippen LogP contribution in [0.25, 0.3) is 0 Å². The largest absolute Gasteiger partial charge is 0.308 e. The van der Waals surface area contributed by atoms with Crippen LogP contribution >= 0.6 is 0 Å². The number of rotatable bonds is 6. The lowest BCUT2D eigenvalue weighted by Crippen LogP contribution is -2.56. The maximum atomic E-state index is 13.2. The van der Waals surface area contributed by atoms with Crippen LogP contribution in [0.4, 0.5) is 5.69 Å². The number of aryl methyl sites for hydroxylation is 1. The molecule has 10 heteroatoms. The Labute approximate surface area is 173 Å². The molecule has 0 atom stereocenters. The van der Waals surface area contributed by atoms with Gasteiger partial charge in [-0.2, -0.15) is 12.7 Å². The smallest absolute Gasteiger partial charge is 0.258 e. The molecule has 0 spiro atoms. The van der Waals surface area contributed by atoms with Gasteiger partial charge >= 0.3 is 10.2 Å². The molecule has 160 valence electrons. The summed E-state index contributed by atoms with van der Waals surface area (Å²) in [6.07, 6.45) is 1.82. The van der Waals surface area contributed by atoms with Gasteiger partial charge in [0.25, 0.3) is 5.69 Å². The van der Waals surface area contributed by atoms with Gasteiger partial charge in [0.2, 0.25) is 0 Å². The van der Waals surface area contributed by atoms with Crippen molar-refractivity contribution in [3.63, 3.8) is 0 Å². The van der Waals surface area contributed by atoms with Gasteiger partial charge < -0.3 is 0 Å². The summed E-state index contributed by atoms with van der Waals surface area (Å²) in [7, 11) is -3.10. The number of nitro groups is 1. The molecule has 0 unspecified atom stereocenters. The topological polar surface area (TPSA) is 98.3 Å². The number of hydrogen-bond donors (Lipinski definition) is 0. The van der Waals surface area contributed by atoms with Gasteiger partial charge in [0.05, 0.1) is 10.6 Å². The van der Waals surface area contributed by atoms with Crippen molar-refractivity contribution in [2.45, 2.75) is 52.2 Å². The van der Waals surface area contributed by atoms with Crippen molar-refractivity contribution in [2.75, 3.05) is 14.1 Å². The number of benzene rings is 1. The van der Waals surface area contributed by atoms with Crippen LogP contribution in [0.3, 0.4) is 0 Å². The van der Waals surface area contributed by atoms with E-state index in [0.29, 0.717) is 22.3 Å². The van der Waals surface area contributed by atoms with Crippen molar-refractivity contribution < 1.29 is 13.3 Å². The first-order valence-electron chi connectivity index (χ1n) is 9.34. The summed E-state index contributed by atoms with van der Waals surface area (Å²) in [6, 6.07) is 4.97. The third kappa shape index (κ3) is 4.29. The molecule has 0 aliphatic rings. The predicted molar refractivity (Wildman–Crippen MR) is 118 cm³/mol. The molecular formula is C19H30N4O4SSi. The molecule has 0 N–H and O–H groups in total. The average Bonchev–Trinajstić information content (AvgIpc) is 3.00. The van der Waals surface area contributed by atoms with Crippen LogP contribution in [0, 0.1) is 17.0 Å². The second kappa shape index (κ2) is 7.65. The molecule has 1 aromatic carbocycles. The summed E-state index contributed by atoms with van der Waals surface area (Å²) in [5, 5.41) is 11.2. The van der Waals surface area contributed by atoms with E-state index in [1.165, 1.54) is 28.4 Å². The minimum absolute atomic E-state index is 0.0219. The fraction of sp³-hybridized carbons (Fsp3) is 0.526. The van der Waals surface area contributed by atoms with Crippen LogP contribution in [0.15, 0.2) is 24.4 Å². The quantitative estimate of drug-likeness (QED) is 0.392. The van der Waals surface area contributed by atoms with Crippen LogP contribution in [0.1, 0.15) is 37.6 Å². The maximum Gasteiger partial charge on any atom is 0.308 e. The Hall–Kier alpha value is -2.04. The average molecular weight is 439 g/mol. The first kappa shape index (κ1) is 23.2. The molecule has 0 amide bonds. The molecule has 2 rings (SSSR count). The first-order chi connectivity index (χ1) is 13.1. The summed E-state index contributed by atoms with van der Waals surface area (Å²) in [5.41, 5.74) is 2.33. The Morgan fingerprint density at radius 2 is 1.83 bits per heavy atom. The molecule has 1 heterocycles. The van der Waals surface area contributed by atoms with Crippen molar-refractivity contribution in [2.24, 2.45) is 0 Å². The molecule has 8 nitrogen and oxygen atoms in total. The lowest BCUT2D eigenvalue weighted by molar-refractivity contribution is -0.385. The highest BCUT2D eigenvalue weighted by molar-refractivity contribution is 7.87. The van der Waals surface area contributed by atoms with E-state index in [1.807, 2.05) is 0 Å². The zero-order valence-corrected chi connectivity index (χ0v) is 20.2. The Morgan fingerprint density at radius 1 is 1.24 bits per heavy atom. The molecule has 0 fully saturated rings. The highest BCUT2D eigenvalue weighted by atomic mass is 32.2. The molecule has 0 aliphatic carbocycles. The Bertz CT molecular complexity index is 1040. The number of aromatic nitrogens is 2. The van der Waals surface area contributed by atoms with Gasteiger partial charge in [-0.25, -0.2) is 8.96 Å². The summed E-state index contributed by atoms with van der Waals surface area (Å²) >= 11 is 0. The van der Waals surface area contributed by atoms with E-state index in [9.17, 15) is 18.5 Å². The second-order valence-electron chi connectivity index (χ2n) is 9.06. The summed E-state index contributed by atoms with van der Waals surface area (Å²) in [6.45, 7) is 12.2. The van der Waals surface area contributed by atoms with Gasteiger partial charge in [0.15, 0.2) is 0 Å². The van der Waals surface area contributed by atoms with Crippen LogP contribution in [0.2, 0.25) is 18.1 Å². The lowest BCUT2D eigenvalue weighted by Gasteiger charge is -2.36. The number of nitrogens with zero attached hydrogens (tertiary/aromatic N) is 4. The van der Waals surface area contributed by atoms with Crippen molar-refractivity contribution in [3.05, 3.63) is 51.3 Å². The van der Waals surface area contributed by atoms with E-state index in [4.69, 9.17) is 0 Å². The highest BCUT2D eigenvalue weighted by Gasteiger charge is 2.43. The Morgan fingerprint density at radius 3 is 2.31 bits per heavy atom. The maximum absolute atomic E-state index is 13.2. The highest BCUT2D eigenvalue weighted by Crippen LogP contribution is 2.36. The lowest BCUT2D eigenvalue weighted by atomic mass is 10.1. The van der Waals surface area contributed by atoms with E-state index in [0.717, 1.165) is 0 Å². The zero-order chi connectivity index (χ0) is 22.4. The van der Waals surface area contributed by atoms with Crippen molar-refractivity contribution >= 4 is 29.4 Å². The Balaban J connectivity index is 2.69. The summed E-state index contributed by atoms with van der Waals surface area (Å²) in [4.78, 5) is 15.4. The molecule has 0 saturated heterocycles. The molecule has 29 heavy (non-hydrogen) atoms. The van der Waals surface area contributed by atoms with Gasteiger partial charge in [-0.15, -0.1) is 0 Å². The van der Waals surface area contributed by atoms with Crippen LogP contribution < -0.4 is 5.45 Å². The van der Waals surface area contributed by atoms with E-state index in [1.54, 1.807) is 25.3 Å². The molecule has 0 radical (unpaired) electrons. The van der Waals surface area contributed by atoms with E-state index in [2.05, 4.69) is 38.8 Å². The minimum Gasteiger partial charge on any atom is -0.258 e. The fourth-order valence-corrected chi connectivity index (χ4v) is 6.58. The van der Waals surface area contributed by atoms with E-state index in [-0.39, 0.29) is 17.1 Å². The van der Waals surface area contributed by atoms with Crippen molar-refractivity contribution in [1.29, 1.82) is 0 Å². The van der Waals surface area contributed by atoms with Crippen LogP contribution in [-0.4, -0.2) is 48.8 Å².